The summed E-state index contributed by atoms with van der Waals surface area (Å²) in [6, 6.07) is 4.79. The van der Waals surface area contributed by atoms with Crippen molar-refractivity contribution >= 4 is 11.4 Å². The lowest BCUT2D eigenvalue weighted by Crippen LogP contribution is -2.25. The highest BCUT2D eigenvalue weighted by Gasteiger charge is 2.18. The molecule has 1 aromatic carbocycles. The van der Waals surface area contributed by atoms with Gasteiger partial charge in [0.05, 0.1) is 0 Å². The summed E-state index contributed by atoms with van der Waals surface area (Å²) >= 11 is 0. The minimum Gasteiger partial charge on any atom is -0.399 e. The fourth-order valence-electron chi connectivity index (χ4n) is 2.25. The fraction of sp³-hybridized carbons (Fsp3) is 0.571. The van der Waals surface area contributed by atoms with Gasteiger partial charge in [0.2, 0.25) is 0 Å². The summed E-state index contributed by atoms with van der Waals surface area (Å²) < 4.78 is 25.9. The Hall–Kier alpha value is -1.32. The van der Waals surface area contributed by atoms with E-state index in [2.05, 4.69) is 19.2 Å². The number of benzene rings is 1. The predicted octanol–water partition coefficient (Wildman–Crippen LogP) is 4.44. The van der Waals surface area contributed by atoms with E-state index in [1.54, 1.807) is 12.1 Å². The van der Waals surface area contributed by atoms with Gasteiger partial charge in [-0.3, -0.25) is 0 Å². The lowest BCUT2D eigenvalue weighted by atomic mass is 9.95. The van der Waals surface area contributed by atoms with Crippen LogP contribution in [0.25, 0.3) is 0 Å². The van der Waals surface area contributed by atoms with Crippen molar-refractivity contribution in [3.8, 4) is 0 Å². The number of nitrogens with one attached hydrogen (secondary N) is 1. The Morgan fingerprint density at radius 3 is 2.33 bits per heavy atom. The summed E-state index contributed by atoms with van der Waals surface area (Å²) in [5, 5.41) is 3.19. The topological polar surface area (TPSA) is 38.0 Å². The SMILES string of the molecule is CCC(CC)C(C)Nc1ccc(N)cc1C(F)F. The number of hydrogen-bond donors (Lipinski definition) is 2. The summed E-state index contributed by atoms with van der Waals surface area (Å²) in [7, 11) is 0. The van der Waals surface area contributed by atoms with Gasteiger partial charge < -0.3 is 11.1 Å². The van der Waals surface area contributed by atoms with Crippen molar-refractivity contribution in [3.63, 3.8) is 0 Å². The van der Waals surface area contributed by atoms with E-state index in [9.17, 15) is 8.78 Å². The van der Waals surface area contributed by atoms with E-state index in [1.807, 2.05) is 6.92 Å². The summed E-state index contributed by atoms with van der Waals surface area (Å²) in [6.07, 6.45) is -0.447. The van der Waals surface area contributed by atoms with E-state index < -0.39 is 6.43 Å². The Kier molecular flexibility index (Phi) is 5.38. The van der Waals surface area contributed by atoms with Gasteiger partial charge in [-0.15, -0.1) is 0 Å². The molecule has 4 heteroatoms. The second-order valence-electron chi connectivity index (χ2n) is 4.66. The molecule has 1 rings (SSSR count). The monoisotopic (exact) mass is 256 g/mol. The van der Waals surface area contributed by atoms with Crippen LogP contribution in [0, 0.1) is 5.92 Å². The summed E-state index contributed by atoms with van der Waals surface area (Å²) in [4.78, 5) is 0. The second-order valence-corrected chi connectivity index (χ2v) is 4.66. The summed E-state index contributed by atoms with van der Waals surface area (Å²) in [5.41, 5.74) is 6.38. The quantitative estimate of drug-likeness (QED) is 0.738. The third-order valence-electron chi connectivity index (χ3n) is 3.45. The van der Waals surface area contributed by atoms with Gasteiger partial charge in [-0.2, -0.15) is 0 Å². The van der Waals surface area contributed by atoms with E-state index >= 15 is 0 Å². The second kappa shape index (κ2) is 6.57. The van der Waals surface area contributed by atoms with Gasteiger partial charge in [-0.25, -0.2) is 8.78 Å². The molecule has 0 spiro atoms. The molecule has 0 heterocycles. The van der Waals surface area contributed by atoms with Crippen molar-refractivity contribution in [1.82, 2.24) is 0 Å². The molecule has 1 aromatic rings. The van der Waals surface area contributed by atoms with Crippen LogP contribution in [0.5, 0.6) is 0 Å². The highest BCUT2D eigenvalue weighted by molar-refractivity contribution is 5.59. The van der Waals surface area contributed by atoms with Crippen molar-refractivity contribution in [2.75, 3.05) is 11.1 Å². The molecule has 0 amide bonds. The molecule has 0 bridgehead atoms. The van der Waals surface area contributed by atoms with Crippen molar-refractivity contribution in [3.05, 3.63) is 23.8 Å². The predicted molar refractivity (Wildman–Crippen MR) is 73.0 cm³/mol. The molecular formula is C14H22F2N2. The maximum Gasteiger partial charge on any atom is 0.265 e. The Labute approximate surface area is 108 Å². The standard InChI is InChI=1S/C14H22F2N2/c1-4-10(5-2)9(3)18-13-7-6-11(17)8-12(13)14(15)16/h6-10,14,18H,4-5,17H2,1-3H3. The zero-order valence-corrected chi connectivity index (χ0v) is 11.2. The van der Waals surface area contributed by atoms with Crippen LogP contribution in [0.15, 0.2) is 18.2 Å². The molecule has 1 atom stereocenters. The Morgan fingerprint density at radius 2 is 1.83 bits per heavy atom. The molecule has 0 saturated carbocycles. The van der Waals surface area contributed by atoms with E-state index in [4.69, 9.17) is 5.73 Å². The Balaban J connectivity index is 2.90. The first-order chi connectivity index (χ1) is 8.49. The zero-order chi connectivity index (χ0) is 13.7. The first kappa shape index (κ1) is 14.7. The molecule has 3 N–H and O–H groups in total. The zero-order valence-electron chi connectivity index (χ0n) is 11.2. The molecule has 2 nitrogen and oxygen atoms in total. The average molecular weight is 256 g/mol. The molecule has 18 heavy (non-hydrogen) atoms. The van der Waals surface area contributed by atoms with Crippen LogP contribution >= 0.6 is 0 Å². The van der Waals surface area contributed by atoms with Crippen molar-refractivity contribution in [2.45, 2.75) is 46.1 Å². The van der Waals surface area contributed by atoms with E-state index in [-0.39, 0.29) is 11.6 Å². The molecule has 0 aromatic heterocycles. The van der Waals surface area contributed by atoms with Crippen molar-refractivity contribution in [2.24, 2.45) is 5.92 Å². The maximum atomic E-state index is 12.9. The normalized spacial score (nSPS) is 13.1. The summed E-state index contributed by atoms with van der Waals surface area (Å²) in [5.74, 6) is 0.480. The van der Waals surface area contributed by atoms with Gasteiger partial charge in [0.15, 0.2) is 0 Å². The highest BCUT2D eigenvalue weighted by Crippen LogP contribution is 2.30. The number of nitrogens with two attached hydrogens (primary N) is 1. The largest absolute Gasteiger partial charge is 0.399 e. The van der Waals surface area contributed by atoms with Crippen LogP contribution in [0.2, 0.25) is 0 Å². The number of alkyl halides is 2. The summed E-state index contributed by atoms with van der Waals surface area (Å²) in [6.45, 7) is 6.26. The third-order valence-corrected chi connectivity index (χ3v) is 3.45. The first-order valence-electron chi connectivity index (χ1n) is 6.43. The molecule has 0 radical (unpaired) electrons. The third kappa shape index (κ3) is 3.59. The maximum absolute atomic E-state index is 12.9. The van der Waals surface area contributed by atoms with E-state index in [0.717, 1.165) is 12.8 Å². The number of nitrogen functional groups attached to an aromatic ring is 1. The van der Waals surface area contributed by atoms with Gasteiger partial charge in [-0.05, 0) is 31.0 Å². The molecule has 102 valence electrons. The van der Waals surface area contributed by atoms with Crippen LogP contribution < -0.4 is 11.1 Å². The number of halogens is 2. The molecule has 1 unspecified atom stereocenters. The smallest absolute Gasteiger partial charge is 0.265 e. The van der Waals surface area contributed by atoms with E-state index in [1.165, 1.54) is 6.07 Å². The van der Waals surface area contributed by atoms with Gasteiger partial charge in [-0.1, -0.05) is 26.7 Å². The van der Waals surface area contributed by atoms with Gasteiger partial charge >= 0.3 is 0 Å². The fourth-order valence-corrected chi connectivity index (χ4v) is 2.25. The molecule has 0 aliphatic heterocycles. The van der Waals surface area contributed by atoms with Gasteiger partial charge in [0.25, 0.3) is 6.43 Å². The number of hydrogen-bond acceptors (Lipinski definition) is 2. The Morgan fingerprint density at radius 1 is 1.22 bits per heavy atom. The van der Waals surface area contributed by atoms with Gasteiger partial charge in [0, 0.05) is 23.0 Å². The molecule has 0 saturated heterocycles. The molecule has 0 aliphatic rings. The van der Waals surface area contributed by atoms with Crippen LogP contribution in [-0.2, 0) is 0 Å². The number of anilines is 2. The number of rotatable bonds is 6. The van der Waals surface area contributed by atoms with Crippen molar-refractivity contribution < 1.29 is 8.78 Å². The molecule has 0 fully saturated rings. The van der Waals surface area contributed by atoms with Crippen LogP contribution in [0.1, 0.15) is 45.6 Å². The van der Waals surface area contributed by atoms with Crippen LogP contribution in [-0.4, -0.2) is 6.04 Å². The van der Waals surface area contributed by atoms with Crippen LogP contribution in [0.3, 0.4) is 0 Å². The average Bonchev–Trinajstić information content (AvgIpc) is 2.32. The van der Waals surface area contributed by atoms with Crippen molar-refractivity contribution in [1.29, 1.82) is 0 Å². The lowest BCUT2D eigenvalue weighted by Gasteiger charge is -2.25. The molecular weight excluding hydrogens is 234 g/mol. The lowest BCUT2D eigenvalue weighted by molar-refractivity contribution is 0.152. The molecule has 0 aliphatic carbocycles. The highest BCUT2D eigenvalue weighted by atomic mass is 19.3. The van der Waals surface area contributed by atoms with E-state index in [0.29, 0.717) is 17.3 Å². The minimum absolute atomic E-state index is 0.0205. The first-order valence-corrected chi connectivity index (χ1v) is 6.43. The van der Waals surface area contributed by atoms with Crippen LogP contribution in [0.4, 0.5) is 20.2 Å². The minimum atomic E-state index is -2.51. The van der Waals surface area contributed by atoms with Gasteiger partial charge in [0.1, 0.15) is 0 Å². The Bertz CT molecular complexity index is 376.